The minimum Gasteiger partial charge on any atom is -0.478 e. The predicted molar refractivity (Wildman–Crippen MR) is 78.6 cm³/mol. The number of anilines is 2. The van der Waals surface area contributed by atoms with E-state index in [0.717, 1.165) is 0 Å². The van der Waals surface area contributed by atoms with Crippen LogP contribution in [-0.4, -0.2) is 39.7 Å². The standard InChI is InChI=1S/C13H17F3N6O/c1-8(21-12-20-7-19-11(17)22-12)6-23-10-9(13(14,15)16)4-2-3-5-18-10/h3,5,7-9H,2,4,6H2,1H3,(H3,17,19,20,21,22). The van der Waals surface area contributed by atoms with Crippen LogP contribution in [0.3, 0.4) is 0 Å². The Morgan fingerprint density at radius 2 is 2.22 bits per heavy atom. The van der Waals surface area contributed by atoms with E-state index in [1.165, 1.54) is 12.5 Å². The number of nitrogens with two attached hydrogens (primary N) is 1. The van der Waals surface area contributed by atoms with Crippen LogP contribution in [0.15, 0.2) is 23.6 Å². The summed E-state index contributed by atoms with van der Waals surface area (Å²) in [5.41, 5.74) is 5.42. The molecule has 1 aliphatic rings. The second kappa shape index (κ2) is 7.25. The molecule has 0 aliphatic carbocycles. The van der Waals surface area contributed by atoms with E-state index in [1.807, 2.05) is 0 Å². The Balaban J connectivity index is 1.94. The Morgan fingerprint density at radius 1 is 1.43 bits per heavy atom. The van der Waals surface area contributed by atoms with Gasteiger partial charge in [-0.3, -0.25) is 0 Å². The van der Waals surface area contributed by atoms with E-state index in [0.29, 0.717) is 6.42 Å². The number of rotatable bonds is 4. The molecule has 3 N–H and O–H groups in total. The quantitative estimate of drug-likeness (QED) is 0.878. The molecule has 0 spiro atoms. The monoisotopic (exact) mass is 330 g/mol. The smallest absolute Gasteiger partial charge is 0.400 e. The molecule has 1 aliphatic heterocycles. The third-order valence-corrected chi connectivity index (χ3v) is 3.07. The van der Waals surface area contributed by atoms with Gasteiger partial charge in [-0.1, -0.05) is 6.08 Å². The summed E-state index contributed by atoms with van der Waals surface area (Å²) in [6, 6.07) is -0.347. The number of aliphatic imine (C=N–C) groups is 1. The lowest BCUT2D eigenvalue weighted by Crippen LogP contribution is -2.34. The van der Waals surface area contributed by atoms with Gasteiger partial charge in [0, 0.05) is 6.20 Å². The maximum atomic E-state index is 13.0. The molecule has 0 bridgehead atoms. The van der Waals surface area contributed by atoms with E-state index in [-0.39, 0.29) is 36.9 Å². The molecule has 0 fully saturated rings. The maximum Gasteiger partial charge on any atom is 0.400 e. The van der Waals surface area contributed by atoms with Gasteiger partial charge in [-0.15, -0.1) is 0 Å². The summed E-state index contributed by atoms with van der Waals surface area (Å²) < 4.78 is 44.4. The number of hydrogen-bond acceptors (Lipinski definition) is 7. The number of nitrogen functional groups attached to an aromatic ring is 1. The average Bonchev–Trinajstić information content (AvgIpc) is 2.70. The van der Waals surface area contributed by atoms with Gasteiger partial charge in [-0.25, -0.2) is 15.0 Å². The highest BCUT2D eigenvalue weighted by Crippen LogP contribution is 2.32. The van der Waals surface area contributed by atoms with Gasteiger partial charge < -0.3 is 15.8 Å². The molecule has 1 aromatic rings. The van der Waals surface area contributed by atoms with Crippen LogP contribution in [0.1, 0.15) is 19.8 Å². The van der Waals surface area contributed by atoms with E-state index in [2.05, 4.69) is 25.3 Å². The number of hydrogen-bond donors (Lipinski definition) is 2. The highest BCUT2D eigenvalue weighted by atomic mass is 19.4. The molecular formula is C13H17F3N6O. The first kappa shape index (κ1) is 17.0. The van der Waals surface area contributed by atoms with Gasteiger partial charge in [0.05, 0.1) is 6.04 Å². The van der Waals surface area contributed by atoms with Crippen LogP contribution in [0.2, 0.25) is 0 Å². The number of aromatic nitrogens is 3. The molecule has 0 aromatic carbocycles. The Kier molecular flexibility index (Phi) is 5.35. The molecule has 0 saturated heterocycles. The van der Waals surface area contributed by atoms with E-state index in [4.69, 9.17) is 10.5 Å². The molecule has 2 heterocycles. The molecular weight excluding hydrogens is 313 g/mol. The van der Waals surface area contributed by atoms with E-state index >= 15 is 0 Å². The summed E-state index contributed by atoms with van der Waals surface area (Å²) >= 11 is 0. The molecule has 10 heteroatoms. The molecule has 7 nitrogen and oxygen atoms in total. The van der Waals surface area contributed by atoms with Crippen LogP contribution in [0, 0.1) is 5.92 Å². The van der Waals surface area contributed by atoms with Crippen molar-refractivity contribution in [2.45, 2.75) is 32.0 Å². The van der Waals surface area contributed by atoms with Gasteiger partial charge in [-0.05, 0) is 19.8 Å². The Morgan fingerprint density at radius 3 is 2.91 bits per heavy atom. The number of nitrogens with zero attached hydrogens (tertiary/aromatic N) is 4. The number of halogens is 3. The second-order valence-electron chi connectivity index (χ2n) is 5.05. The molecule has 126 valence electrons. The highest BCUT2D eigenvalue weighted by molar-refractivity contribution is 5.80. The molecule has 23 heavy (non-hydrogen) atoms. The minimum absolute atomic E-state index is 0.0230. The van der Waals surface area contributed by atoms with Crippen molar-refractivity contribution >= 4 is 17.8 Å². The number of nitrogens with one attached hydrogen (secondary N) is 1. The molecule has 2 unspecified atom stereocenters. The zero-order valence-electron chi connectivity index (χ0n) is 12.4. The molecule has 2 rings (SSSR count). The van der Waals surface area contributed by atoms with Gasteiger partial charge >= 0.3 is 6.18 Å². The van der Waals surface area contributed by atoms with E-state index in [9.17, 15) is 13.2 Å². The minimum atomic E-state index is -4.38. The van der Waals surface area contributed by atoms with Crippen LogP contribution in [0.5, 0.6) is 0 Å². The zero-order valence-corrected chi connectivity index (χ0v) is 12.4. The molecule has 1 aromatic heterocycles. The summed E-state index contributed by atoms with van der Waals surface area (Å²) in [5, 5.41) is 2.87. The Labute approximate surface area is 130 Å². The van der Waals surface area contributed by atoms with Crippen molar-refractivity contribution in [2.24, 2.45) is 10.9 Å². The lowest BCUT2D eigenvalue weighted by atomic mass is 10.0. The van der Waals surface area contributed by atoms with Crippen molar-refractivity contribution in [1.29, 1.82) is 0 Å². The third kappa shape index (κ3) is 5.08. The summed E-state index contributed by atoms with van der Waals surface area (Å²) in [6.45, 7) is 1.69. The highest BCUT2D eigenvalue weighted by Gasteiger charge is 2.44. The molecule has 0 radical (unpaired) electrons. The van der Waals surface area contributed by atoms with E-state index in [1.54, 1.807) is 13.0 Å². The fraction of sp³-hybridized carbons (Fsp3) is 0.538. The summed E-state index contributed by atoms with van der Waals surface area (Å²) in [6.07, 6.45) is 0.00160. The van der Waals surface area contributed by atoms with Gasteiger partial charge in [0.25, 0.3) is 0 Å². The van der Waals surface area contributed by atoms with Crippen molar-refractivity contribution < 1.29 is 17.9 Å². The lowest BCUT2D eigenvalue weighted by molar-refractivity contribution is -0.160. The van der Waals surface area contributed by atoms with Crippen LogP contribution < -0.4 is 11.1 Å². The molecule has 0 amide bonds. The first-order valence-corrected chi connectivity index (χ1v) is 6.99. The number of ether oxygens (including phenoxy) is 1. The first-order chi connectivity index (χ1) is 10.9. The topological polar surface area (TPSA) is 98.3 Å². The average molecular weight is 330 g/mol. The number of alkyl halides is 3. The predicted octanol–water partition coefficient (Wildman–Crippen LogP) is 2.16. The summed E-state index contributed by atoms with van der Waals surface area (Å²) in [7, 11) is 0. The van der Waals surface area contributed by atoms with Gasteiger partial charge in [0.15, 0.2) is 5.90 Å². The second-order valence-corrected chi connectivity index (χ2v) is 5.05. The first-order valence-electron chi connectivity index (χ1n) is 6.99. The Hall–Kier alpha value is -2.39. The Bertz CT molecular complexity index is 589. The number of allylic oxidation sites excluding steroid dienone is 1. The van der Waals surface area contributed by atoms with Gasteiger partial charge in [0.2, 0.25) is 11.9 Å². The third-order valence-electron chi connectivity index (χ3n) is 3.07. The lowest BCUT2D eigenvalue weighted by Gasteiger charge is -2.22. The van der Waals surface area contributed by atoms with Crippen molar-refractivity contribution in [1.82, 2.24) is 15.0 Å². The van der Waals surface area contributed by atoms with Crippen LogP contribution in [0.25, 0.3) is 0 Å². The largest absolute Gasteiger partial charge is 0.478 e. The normalized spacial score (nSPS) is 19.7. The summed E-state index contributed by atoms with van der Waals surface area (Å²) in [4.78, 5) is 15.1. The van der Waals surface area contributed by atoms with E-state index < -0.39 is 12.1 Å². The summed E-state index contributed by atoms with van der Waals surface area (Å²) in [5.74, 6) is -1.75. The van der Waals surface area contributed by atoms with Crippen LogP contribution >= 0.6 is 0 Å². The molecule has 0 saturated carbocycles. The SMILES string of the molecule is CC(COC1=NC=CCCC1C(F)(F)F)Nc1ncnc(N)n1. The fourth-order valence-electron chi connectivity index (χ4n) is 1.97. The van der Waals surface area contributed by atoms with Gasteiger partial charge in [0.1, 0.15) is 18.9 Å². The maximum absolute atomic E-state index is 13.0. The molecule has 2 atom stereocenters. The zero-order chi connectivity index (χ0) is 16.9. The van der Waals surface area contributed by atoms with Crippen molar-refractivity contribution in [3.05, 3.63) is 18.6 Å². The van der Waals surface area contributed by atoms with Crippen molar-refractivity contribution in [2.75, 3.05) is 17.7 Å². The van der Waals surface area contributed by atoms with Crippen LogP contribution in [0.4, 0.5) is 25.1 Å². The van der Waals surface area contributed by atoms with Crippen molar-refractivity contribution in [3.8, 4) is 0 Å². The van der Waals surface area contributed by atoms with Crippen molar-refractivity contribution in [3.63, 3.8) is 0 Å². The van der Waals surface area contributed by atoms with Gasteiger partial charge in [-0.2, -0.15) is 18.2 Å². The fourth-order valence-corrected chi connectivity index (χ4v) is 1.97. The van der Waals surface area contributed by atoms with Crippen LogP contribution in [-0.2, 0) is 4.74 Å².